The van der Waals surface area contributed by atoms with E-state index in [1.165, 1.54) is 0 Å². The molecule has 5 heteroatoms. The Kier molecular flexibility index (Phi) is 4.03. The highest BCUT2D eigenvalue weighted by atomic mass is 16.5. The number of nitrogens with zero attached hydrogens (tertiary/aromatic N) is 2. The van der Waals surface area contributed by atoms with Crippen LogP contribution in [0, 0.1) is 0 Å². The Bertz CT molecular complexity index is 273. The highest BCUT2D eigenvalue weighted by Gasteiger charge is 2.14. The van der Waals surface area contributed by atoms with Gasteiger partial charge in [0.1, 0.15) is 6.10 Å². The van der Waals surface area contributed by atoms with Crippen LogP contribution < -0.4 is 0 Å². The summed E-state index contributed by atoms with van der Waals surface area (Å²) in [7, 11) is 0. The predicted octanol–water partition coefficient (Wildman–Crippen LogP) is 1.09. The lowest BCUT2D eigenvalue weighted by atomic mass is 10.3. The summed E-state index contributed by atoms with van der Waals surface area (Å²) in [6, 6.07) is 0. The first-order valence-electron chi connectivity index (χ1n) is 4.75. The Hall–Kier alpha value is -0.940. The van der Waals surface area contributed by atoms with Crippen molar-refractivity contribution in [3.8, 4) is 0 Å². The molecule has 0 saturated carbocycles. The van der Waals surface area contributed by atoms with Gasteiger partial charge in [0.25, 0.3) is 0 Å². The normalized spacial score (nSPS) is 15.4. The van der Waals surface area contributed by atoms with E-state index in [4.69, 9.17) is 14.4 Å². The van der Waals surface area contributed by atoms with E-state index in [1.54, 1.807) is 6.92 Å². The van der Waals surface area contributed by atoms with Gasteiger partial charge in [0.15, 0.2) is 5.82 Å². The van der Waals surface area contributed by atoms with Crippen LogP contribution in [0.3, 0.4) is 0 Å². The average molecular weight is 200 g/mol. The molecule has 5 nitrogen and oxygen atoms in total. The zero-order valence-corrected chi connectivity index (χ0v) is 8.73. The number of aliphatic hydroxyl groups is 1. The van der Waals surface area contributed by atoms with E-state index >= 15 is 0 Å². The van der Waals surface area contributed by atoms with Crippen LogP contribution in [0.1, 0.15) is 38.6 Å². The highest BCUT2D eigenvalue weighted by molar-refractivity contribution is 4.90. The molecule has 1 rings (SSSR count). The fraction of sp³-hybridized carbons (Fsp3) is 0.778. The summed E-state index contributed by atoms with van der Waals surface area (Å²) >= 11 is 0. The summed E-state index contributed by atoms with van der Waals surface area (Å²) in [5.74, 6) is 0.976. The van der Waals surface area contributed by atoms with Crippen molar-refractivity contribution in [2.75, 3.05) is 6.61 Å². The van der Waals surface area contributed by atoms with E-state index in [9.17, 15) is 0 Å². The topological polar surface area (TPSA) is 68.4 Å². The lowest BCUT2D eigenvalue weighted by molar-refractivity contribution is 0.0683. The molecule has 1 aromatic heterocycles. The lowest BCUT2D eigenvalue weighted by Crippen LogP contribution is -2.05. The van der Waals surface area contributed by atoms with Gasteiger partial charge in [-0.1, -0.05) is 5.16 Å². The summed E-state index contributed by atoms with van der Waals surface area (Å²) in [5, 5.41) is 12.9. The zero-order valence-electron chi connectivity index (χ0n) is 8.73. The van der Waals surface area contributed by atoms with Crippen LogP contribution >= 0.6 is 0 Å². The van der Waals surface area contributed by atoms with Crippen molar-refractivity contribution in [2.45, 2.75) is 39.4 Å². The molecule has 2 atom stereocenters. The molecule has 0 saturated heterocycles. The number of aliphatic hydroxyl groups excluding tert-OH is 1. The molecule has 2 unspecified atom stereocenters. The van der Waals surface area contributed by atoms with Crippen LogP contribution in [-0.2, 0) is 11.2 Å². The van der Waals surface area contributed by atoms with Crippen molar-refractivity contribution in [3.63, 3.8) is 0 Å². The minimum atomic E-state index is -0.467. The molecule has 0 spiro atoms. The molecule has 0 radical (unpaired) electrons. The van der Waals surface area contributed by atoms with Crippen LogP contribution in [0.4, 0.5) is 0 Å². The minimum absolute atomic E-state index is 0.161. The monoisotopic (exact) mass is 200 g/mol. The molecule has 14 heavy (non-hydrogen) atoms. The molecular formula is C9H16N2O3. The van der Waals surface area contributed by atoms with E-state index < -0.39 is 6.10 Å². The van der Waals surface area contributed by atoms with Crippen LogP contribution in [0.25, 0.3) is 0 Å². The van der Waals surface area contributed by atoms with Crippen molar-refractivity contribution >= 4 is 0 Å². The fourth-order valence-corrected chi connectivity index (χ4v) is 1.09. The molecule has 0 bridgehead atoms. The third-order valence-electron chi connectivity index (χ3n) is 1.73. The first kappa shape index (κ1) is 11.1. The Morgan fingerprint density at radius 1 is 1.50 bits per heavy atom. The Morgan fingerprint density at radius 3 is 2.79 bits per heavy atom. The van der Waals surface area contributed by atoms with Crippen molar-refractivity contribution in [1.29, 1.82) is 0 Å². The number of hydrogen-bond acceptors (Lipinski definition) is 5. The minimum Gasteiger partial charge on any atom is -0.393 e. The first-order chi connectivity index (χ1) is 6.63. The lowest BCUT2D eigenvalue weighted by Gasteiger charge is -2.04. The smallest absolute Gasteiger partial charge is 0.229 e. The van der Waals surface area contributed by atoms with Crippen molar-refractivity contribution in [1.82, 2.24) is 10.1 Å². The second-order valence-corrected chi connectivity index (χ2v) is 3.20. The van der Waals surface area contributed by atoms with Gasteiger partial charge in [-0.15, -0.1) is 0 Å². The summed E-state index contributed by atoms with van der Waals surface area (Å²) < 4.78 is 10.2. The fourth-order valence-electron chi connectivity index (χ4n) is 1.09. The molecule has 1 heterocycles. The maximum Gasteiger partial charge on any atom is 0.229 e. The van der Waals surface area contributed by atoms with Gasteiger partial charge in [0, 0.05) is 6.61 Å². The molecule has 1 aromatic rings. The van der Waals surface area contributed by atoms with Crippen LogP contribution in [0.5, 0.6) is 0 Å². The van der Waals surface area contributed by atoms with Crippen LogP contribution in [-0.4, -0.2) is 28.0 Å². The maximum absolute atomic E-state index is 9.10. The standard InChI is InChI=1S/C9H16N2O3/c1-4-13-7(3)9-10-8(14-11-9)5-6(2)12/h6-7,12H,4-5H2,1-3H3. The van der Waals surface area contributed by atoms with Gasteiger partial charge in [-0.3, -0.25) is 0 Å². The average Bonchev–Trinajstić information content (AvgIpc) is 2.52. The van der Waals surface area contributed by atoms with Gasteiger partial charge in [0.05, 0.1) is 12.5 Å². The van der Waals surface area contributed by atoms with Crippen LogP contribution in [0.2, 0.25) is 0 Å². The van der Waals surface area contributed by atoms with E-state index in [-0.39, 0.29) is 6.10 Å². The Labute approximate surface area is 83.1 Å². The maximum atomic E-state index is 9.10. The molecule has 0 amide bonds. The third kappa shape index (κ3) is 3.08. The van der Waals surface area contributed by atoms with Crippen molar-refractivity contribution in [3.05, 3.63) is 11.7 Å². The number of rotatable bonds is 5. The molecule has 0 aromatic carbocycles. The second kappa shape index (κ2) is 5.07. The third-order valence-corrected chi connectivity index (χ3v) is 1.73. The predicted molar refractivity (Wildman–Crippen MR) is 49.7 cm³/mol. The van der Waals surface area contributed by atoms with Gasteiger partial charge in [-0.05, 0) is 20.8 Å². The molecule has 0 aliphatic heterocycles. The van der Waals surface area contributed by atoms with E-state index in [0.29, 0.717) is 24.7 Å². The molecule has 80 valence electrons. The molecule has 0 aliphatic rings. The Balaban J connectivity index is 2.58. The SMILES string of the molecule is CCOC(C)c1noc(CC(C)O)n1. The highest BCUT2D eigenvalue weighted by Crippen LogP contribution is 2.13. The summed E-state index contributed by atoms with van der Waals surface area (Å²) in [4.78, 5) is 4.11. The number of aromatic nitrogens is 2. The Morgan fingerprint density at radius 2 is 2.21 bits per heavy atom. The first-order valence-corrected chi connectivity index (χ1v) is 4.75. The van der Waals surface area contributed by atoms with Crippen molar-refractivity contribution < 1.29 is 14.4 Å². The molecule has 0 fully saturated rings. The number of ether oxygens (including phenoxy) is 1. The van der Waals surface area contributed by atoms with Gasteiger partial charge < -0.3 is 14.4 Å². The summed E-state index contributed by atoms with van der Waals surface area (Å²) in [5.41, 5.74) is 0. The quantitative estimate of drug-likeness (QED) is 0.770. The molecule has 1 N–H and O–H groups in total. The number of hydrogen-bond donors (Lipinski definition) is 1. The summed E-state index contributed by atoms with van der Waals surface area (Å²) in [6.07, 6.45) is -0.247. The second-order valence-electron chi connectivity index (χ2n) is 3.20. The van der Waals surface area contributed by atoms with Gasteiger partial charge in [-0.25, -0.2) is 0 Å². The van der Waals surface area contributed by atoms with Crippen LogP contribution in [0.15, 0.2) is 4.52 Å². The van der Waals surface area contributed by atoms with Gasteiger partial charge in [0.2, 0.25) is 5.89 Å². The largest absolute Gasteiger partial charge is 0.393 e. The van der Waals surface area contributed by atoms with Gasteiger partial charge >= 0.3 is 0 Å². The summed E-state index contributed by atoms with van der Waals surface area (Å²) in [6.45, 7) is 6.06. The zero-order chi connectivity index (χ0) is 10.6. The molecule has 0 aliphatic carbocycles. The van der Waals surface area contributed by atoms with E-state index in [2.05, 4.69) is 10.1 Å². The van der Waals surface area contributed by atoms with Crippen molar-refractivity contribution in [2.24, 2.45) is 0 Å². The van der Waals surface area contributed by atoms with E-state index in [1.807, 2.05) is 13.8 Å². The molecular weight excluding hydrogens is 184 g/mol. The van der Waals surface area contributed by atoms with Gasteiger partial charge in [-0.2, -0.15) is 4.98 Å². The van der Waals surface area contributed by atoms with E-state index in [0.717, 1.165) is 0 Å².